The van der Waals surface area contributed by atoms with Crippen LogP contribution in [0.15, 0.2) is 30.3 Å². The van der Waals surface area contributed by atoms with E-state index >= 15 is 0 Å². The zero-order valence-corrected chi connectivity index (χ0v) is 8.74. The van der Waals surface area contributed by atoms with Gasteiger partial charge < -0.3 is 5.11 Å². The van der Waals surface area contributed by atoms with E-state index in [0.717, 1.165) is 12.8 Å². The molecule has 1 fully saturated rings. The van der Waals surface area contributed by atoms with Gasteiger partial charge in [0, 0.05) is 5.41 Å². The van der Waals surface area contributed by atoms with Crippen LogP contribution in [-0.2, 0) is 5.41 Å². The average molecular weight is 190 g/mol. The summed E-state index contributed by atoms with van der Waals surface area (Å²) in [5.74, 6) is 0. The second-order valence-electron chi connectivity index (χ2n) is 4.41. The van der Waals surface area contributed by atoms with E-state index in [1.807, 2.05) is 13.0 Å². The Balaban J connectivity index is 2.36. The van der Waals surface area contributed by atoms with Crippen molar-refractivity contribution in [3.05, 3.63) is 35.9 Å². The molecule has 0 aliphatic heterocycles. The lowest BCUT2D eigenvalue weighted by molar-refractivity contribution is 0.0994. The Hall–Kier alpha value is -0.820. The van der Waals surface area contributed by atoms with Crippen LogP contribution >= 0.6 is 0 Å². The van der Waals surface area contributed by atoms with Gasteiger partial charge in [0.25, 0.3) is 0 Å². The van der Waals surface area contributed by atoms with Crippen LogP contribution in [0.5, 0.6) is 0 Å². The Kier molecular flexibility index (Phi) is 2.60. The van der Waals surface area contributed by atoms with Crippen molar-refractivity contribution in [2.24, 2.45) is 0 Å². The van der Waals surface area contributed by atoms with Gasteiger partial charge in [-0.05, 0) is 25.3 Å². The Bertz CT molecular complexity index is 283. The Labute approximate surface area is 85.8 Å². The molecular weight excluding hydrogens is 172 g/mol. The van der Waals surface area contributed by atoms with Crippen molar-refractivity contribution in [2.75, 3.05) is 0 Å². The molecule has 1 heteroatoms. The van der Waals surface area contributed by atoms with E-state index in [1.54, 1.807) is 0 Å². The molecule has 0 saturated heterocycles. The molecule has 0 aromatic heterocycles. The van der Waals surface area contributed by atoms with Gasteiger partial charge in [-0.3, -0.25) is 0 Å². The minimum absolute atomic E-state index is 0.0429. The first-order valence-corrected chi connectivity index (χ1v) is 5.49. The van der Waals surface area contributed by atoms with Crippen LogP contribution in [0, 0.1) is 0 Å². The lowest BCUT2D eigenvalue weighted by atomic mass is 9.75. The molecule has 1 aliphatic rings. The summed E-state index contributed by atoms with van der Waals surface area (Å²) in [6, 6.07) is 10.5. The summed E-state index contributed by atoms with van der Waals surface area (Å²) in [7, 11) is 0. The van der Waals surface area contributed by atoms with Gasteiger partial charge in [-0.25, -0.2) is 0 Å². The number of hydrogen-bond donors (Lipinski definition) is 1. The highest BCUT2D eigenvalue weighted by Gasteiger charge is 2.39. The SMILES string of the molecule is C[C@H](O)C1(c2ccccc2)CCCC1. The average Bonchev–Trinajstić information content (AvgIpc) is 2.69. The first-order chi connectivity index (χ1) is 6.76. The van der Waals surface area contributed by atoms with Crippen LogP contribution in [0.25, 0.3) is 0 Å². The Morgan fingerprint density at radius 1 is 1.14 bits per heavy atom. The van der Waals surface area contributed by atoms with Gasteiger partial charge in [-0.1, -0.05) is 43.2 Å². The number of hydrogen-bond acceptors (Lipinski definition) is 1. The van der Waals surface area contributed by atoms with E-state index in [4.69, 9.17) is 0 Å². The molecule has 14 heavy (non-hydrogen) atoms. The molecule has 1 aromatic rings. The third-order valence-corrected chi connectivity index (χ3v) is 3.64. The number of benzene rings is 1. The number of aliphatic hydroxyl groups excluding tert-OH is 1. The highest BCUT2D eigenvalue weighted by Crippen LogP contribution is 2.43. The predicted molar refractivity (Wildman–Crippen MR) is 58.3 cm³/mol. The largest absolute Gasteiger partial charge is 0.392 e. The zero-order valence-electron chi connectivity index (χ0n) is 8.74. The minimum Gasteiger partial charge on any atom is -0.392 e. The molecule has 0 heterocycles. The van der Waals surface area contributed by atoms with Gasteiger partial charge in [-0.2, -0.15) is 0 Å². The third-order valence-electron chi connectivity index (χ3n) is 3.64. The molecule has 0 unspecified atom stereocenters. The fourth-order valence-corrected chi connectivity index (χ4v) is 2.72. The smallest absolute Gasteiger partial charge is 0.0608 e. The van der Waals surface area contributed by atoms with Crippen LogP contribution < -0.4 is 0 Å². The van der Waals surface area contributed by atoms with Crippen molar-refractivity contribution in [3.8, 4) is 0 Å². The minimum atomic E-state index is -0.229. The number of rotatable bonds is 2. The van der Waals surface area contributed by atoms with Crippen molar-refractivity contribution < 1.29 is 5.11 Å². The summed E-state index contributed by atoms with van der Waals surface area (Å²) in [5, 5.41) is 9.96. The quantitative estimate of drug-likeness (QED) is 0.760. The van der Waals surface area contributed by atoms with Gasteiger partial charge in [0.2, 0.25) is 0 Å². The second-order valence-corrected chi connectivity index (χ2v) is 4.41. The maximum absolute atomic E-state index is 9.96. The fourth-order valence-electron chi connectivity index (χ4n) is 2.72. The van der Waals surface area contributed by atoms with E-state index in [0.29, 0.717) is 0 Å². The van der Waals surface area contributed by atoms with Gasteiger partial charge in [0.1, 0.15) is 0 Å². The van der Waals surface area contributed by atoms with Crippen molar-refractivity contribution in [1.82, 2.24) is 0 Å². The molecule has 1 saturated carbocycles. The summed E-state index contributed by atoms with van der Waals surface area (Å²) in [5.41, 5.74) is 1.36. The van der Waals surface area contributed by atoms with Gasteiger partial charge in [0.15, 0.2) is 0 Å². The van der Waals surface area contributed by atoms with Crippen LogP contribution in [0.1, 0.15) is 38.2 Å². The molecule has 2 rings (SSSR count). The van der Waals surface area contributed by atoms with E-state index in [9.17, 15) is 5.11 Å². The molecule has 0 radical (unpaired) electrons. The summed E-state index contributed by atoms with van der Waals surface area (Å²) in [6.45, 7) is 1.93. The zero-order chi connectivity index (χ0) is 10.0. The highest BCUT2D eigenvalue weighted by molar-refractivity contribution is 5.28. The molecule has 76 valence electrons. The summed E-state index contributed by atoms with van der Waals surface area (Å²) >= 11 is 0. The summed E-state index contributed by atoms with van der Waals surface area (Å²) in [4.78, 5) is 0. The van der Waals surface area contributed by atoms with Crippen molar-refractivity contribution in [2.45, 2.75) is 44.1 Å². The standard InChI is InChI=1S/C13H18O/c1-11(14)13(9-5-6-10-13)12-7-3-2-4-8-12/h2-4,7-8,11,14H,5-6,9-10H2,1H3/t11-/m0/s1. The predicted octanol–water partition coefficient (Wildman–Crippen LogP) is 2.88. The summed E-state index contributed by atoms with van der Waals surface area (Å²) in [6.07, 6.45) is 4.54. The monoisotopic (exact) mass is 190 g/mol. The molecule has 1 N–H and O–H groups in total. The van der Waals surface area contributed by atoms with Crippen molar-refractivity contribution in [3.63, 3.8) is 0 Å². The topological polar surface area (TPSA) is 20.2 Å². The van der Waals surface area contributed by atoms with Crippen molar-refractivity contribution in [1.29, 1.82) is 0 Å². The van der Waals surface area contributed by atoms with E-state index in [2.05, 4.69) is 24.3 Å². The molecule has 1 aromatic carbocycles. The first-order valence-electron chi connectivity index (χ1n) is 5.49. The van der Waals surface area contributed by atoms with E-state index in [1.165, 1.54) is 18.4 Å². The van der Waals surface area contributed by atoms with Crippen LogP contribution in [-0.4, -0.2) is 11.2 Å². The van der Waals surface area contributed by atoms with Gasteiger partial charge in [0.05, 0.1) is 6.10 Å². The van der Waals surface area contributed by atoms with Crippen LogP contribution in [0.3, 0.4) is 0 Å². The lowest BCUT2D eigenvalue weighted by Gasteiger charge is -2.32. The first kappa shape index (κ1) is 9.72. The molecule has 1 nitrogen and oxygen atoms in total. The molecule has 0 amide bonds. The molecule has 0 bridgehead atoms. The molecular formula is C13H18O. The number of aliphatic hydroxyl groups is 1. The highest BCUT2D eigenvalue weighted by atomic mass is 16.3. The maximum Gasteiger partial charge on any atom is 0.0608 e. The fraction of sp³-hybridized carbons (Fsp3) is 0.538. The maximum atomic E-state index is 9.96. The molecule has 1 atom stereocenters. The molecule has 1 aliphatic carbocycles. The van der Waals surface area contributed by atoms with Crippen molar-refractivity contribution >= 4 is 0 Å². The second kappa shape index (κ2) is 3.74. The third kappa shape index (κ3) is 1.46. The Morgan fingerprint density at radius 2 is 1.71 bits per heavy atom. The lowest BCUT2D eigenvalue weighted by Crippen LogP contribution is -2.34. The van der Waals surface area contributed by atoms with E-state index in [-0.39, 0.29) is 11.5 Å². The van der Waals surface area contributed by atoms with E-state index < -0.39 is 0 Å². The Morgan fingerprint density at radius 3 is 2.21 bits per heavy atom. The van der Waals surface area contributed by atoms with Gasteiger partial charge in [-0.15, -0.1) is 0 Å². The summed E-state index contributed by atoms with van der Waals surface area (Å²) < 4.78 is 0. The molecule has 0 spiro atoms. The van der Waals surface area contributed by atoms with Crippen LogP contribution in [0.2, 0.25) is 0 Å². The van der Waals surface area contributed by atoms with Crippen LogP contribution in [0.4, 0.5) is 0 Å². The normalized spacial score (nSPS) is 22.1. The van der Waals surface area contributed by atoms with Gasteiger partial charge >= 0.3 is 0 Å².